The van der Waals surface area contributed by atoms with Crippen LogP contribution in [0.1, 0.15) is 5.56 Å². The maximum atomic E-state index is 5.87. The summed E-state index contributed by atoms with van der Waals surface area (Å²) in [5.41, 5.74) is 7.91. The molecule has 0 saturated carbocycles. The average molecular weight is 304 g/mol. The molecule has 0 bridgehead atoms. The number of guanidine groups is 1. The summed E-state index contributed by atoms with van der Waals surface area (Å²) in [6.45, 7) is 2.94. The molecule has 0 heterocycles. The van der Waals surface area contributed by atoms with Gasteiger partial charge in [0.25, 0.3) is 0 Å². The first kappa shape index (κ1) is 15.2. The van der Waals surface area contributed by atoms with Crippen molar-refractivity contribution in [3.8, 4) is 5.75 Å². The molecule has 110 valence electrons. The number of nitrogens with two attached hydrogens (primary N) is 1. The minimum absolute atomic E-state index is 0.371. The topological polar surface area (TPSA) is 59.6 Å². The SMILES string of the molecule is Cc1cccc(NC(N)=NCCOc2cccc(Cl)c2)c1. The number of ether oxygens (including phenoxy) is 1. The van der Waals surface area contributed by atoms with E-state index < -0.39 is 0 Å². The van der Waals surface area contributed by atoms with E-state index in [1.54, 1.807) is 12.1 Å². The summed E-state index contributed by atoms with van der Waals surface area (Å²) in [7, 11) is 0. The fourth-order valence-electron chi connectivity index (χ4n) is 1.80. The summed E-state index contributed by atoms with van der Waals surface area (Å²) >= 11 is 5.87. The van der Waals surface area contributed by atoms with E-state index in [9.17, 15) is 0 Å². The number of benzene rings is 2. The minimum Gasteiger partial charge on any atom is -0.492 e. The molecule has 0 spiro atoms. The molecule has 21 heavy (non-hydrogen) atoms. The zero-order valence-corrected chi connectivity index (χ0v) is 12.6. The molecule has 0 unspecified atom stereocenters. The largest absolute Gasteiger partial charge is 0.492 e. The van der Waals surface area contributed by atoms with Crippen LogP contribution in [-0.2, 0) is 0 Å². The van der Waals surface area contributed by atoms with Gasteiger partial charge < -0.3 is 15.8 Å². The molecule has 0 fully saturated rings. The van der Waals surface area contributed by atoms with Gasteiger partial charge in [-0.05, 0) is 42.8 Å². The standard InChI is InChI=1S/C16H18ClN3O/c1-12-4-2-6-14(10-12)20-16(18)19-8-9-21-15-7-3-5-13(17)11-15/h2-7,10-11H,8-9H2,1H3,(H3,18,19,20). The molecule has 0 aliphatic rings. The number of anilines is 1. The summed E-state index contributed by atoms with van der Waals surface area (Å²) in [6, 6.07) is 15.2. The number of halogens is 1. The van der Waals surface area contributed by atoms with Gasteiger partial charge in [-0.1, -0.05) is 29.8 Å². The van der Waals surface area contributed by atoms with Crippen LogP contribution in [0.4, 0.5) is 5.69 Å². The van der Waals surface area contributed by atoms with Crippen molar-refractivity contribution < 1.29 is 4.74 Å². The molecule has 3 N–H and O–H groups in total. The zero-order chi connectivity index (χ0) is 15.1. The number of aryl methyl sites for hydroxylation is 1. The molecule has 2 aromatic carbocycles. The first-order valence-corrected chi connectivity index (χ1v) is 7.03. The lowest BCUT2D eigenvalue weighted by atomic mass is 10.2. The van der Waals surface area contributed by atoms with Crippen LogP contribution in [0.15, 0.2) is 53.5 Å². The van der Waals surface area contributed by atoms with Crippen molar-refractivity contribution in [2.24, 2.45) is 10.7 Å². The Balaban J connectivity index is 1.78. The molecule has 0 amide bonds. The van der Waals surface area contributed by atoms with Crippen molar-refractivity contribution in [3.05, 3.63) is 59.1 Å². The Labute approximate surface area is 129 Å². The van der Waals surface area contributed by atoms with Crippen molar-refractivity contribution >= 4 is 23.2 Å². The Morgan fingerprint density at radius 1 is 1.24 bits per heavy atom. The highest BCUT2D eigenvalue weighted by molar-refractivity contribution is 6.30. The van der Waals surface area contributed by atoms with Crippen LogP contribution in [0, 0.1) is 6.92 Å². The molecule has 2 aromatic rings. The lowest BCUT2D eigenvalue weighted by Crippen LogP contribution is -2.23. The Hall–Kier alpha value is -2.20. The van der Waals surface area contributed by atoms with Crippen LogP contribution >= 0.6 is 11.6 Å². The molecule has 0 saturated heterocycles. The Morgan fingerprint density at radius 3 is 2.81 bits per heavy atom. The Morgan fingerprint density at radius 2 is 2.05 bits per heavy atom. The maximum Gasteiger partial charge on any atom is 0.193 e. The van der Waals surface area contributed by atoms with Gasteiger partial charge in [0, 0.05) is 10.7 Å². The van der Waals surface area contributed by atoms with E-state index >= 15 is 0 Å². The van der Waals surface area contributed by atoms with Crippen molar-refractivity contribution in [3.63, 3.8) is 0 Å². The van der Waals surface area contributed by atoms with E-state index in [-0.39, 0.29) is 0 Å². The highest BCUT2D eigenvalue weighted by Crippen LogP contribution is 2.16. The zero-order valence-electron chi connectivity index (χ0n) is 11.8. The first-order valence-electron chi connectivity index (χ1n) is 6.65. The van der Waals surface area contributed by atoms with Crippen molar-refractivity contribution in [1.29, 1.82) is 0 Å². The number of hydrogen-bond donors (Lipinski definition) is 2. The van der Waals surface area contributed by atoms with E-state index in [4.69, 9.17) is 22.1 Å². The normalized spacial score (nSPS) is 11.2. The van der Waals surface area contributed by atoms with Gasteiger partial charge in [0.15, 0.2) is 5.96 Å². The summed E-state index contributed by atoms with van der Waals surface area (Å²) in [5.74, 6) is 1.10. The molecule has 0 aromatic heterocycles. The maximum absolute atomic E-state index is 5.87. The summed E-state index contributed by atoms with van der Waals surface area (Å²) in [5, 5.41) is 3.69. The predicted octanol–water partition coefficient (Wildman–Crippen LogP) is 3.45. The lowest BCUT2D eigenvalue weighted by molar-refractivity contribution is 0.329. The van der Waals surface area contributed by atoms with Gasteiger partial charge in [-0.3, -0.25) is 0 Å². The molecule has 0 radical (unpaired) electrons. The van der Waals surface area contributed by atoms with Crippen molar-refractivity contribution in [1.82, 2.24) is 0 Å². The monoisotopic (exact) mass is 303 g/mol. The van der Waals surface area contributed by atoms with Gasteiger partial charge in [-0.2, -0.15) is 0 Å². The third-order valence-corrected chi connectivity index (χ3v) is 2.96. The number of rotatable bonds is 5. The molecule has 0 aliphatic heterocycles. The van der Waals surface area contributed by atoms with E-state index in [1.807, 2.05) is 43.3 Å². The van der Waals surface area contributed by atoms with Gasteiger partial charge in [0.1, 0.15) is 12.4 Å². The molecule has 0 atom stereocenters. The van der Waals surface area contributed by atoms with Crippen LogP contribution in [0.5, 0.6) is 5.75 Å². The molecule has 4 nitrogen and oxygen atoms in total. The highest BCUT2D eigenvalue weighted by atomic mass is 35.5. The van der Waals surface area contributed by atoms with E-state index in [1.165, 1.54) is 0 Å². The number of nitrogens with one attached hydrogen (secondary N) is 1. The fraction of sp³-hybridized carbons (Fsp3) is 0.188. The third kappa shape index (κ3) is 5.36. The van der Waals surface area contributed by atoms with E-state index in [0.717, 1.165) is 17.0 Å². The molecular weight excluding hydrogens is 286 g/mol. The van der Waals surface area contributed by atoms with Crippen LogP contribution in [0.25, 0.3) is 0 Å². The van der Waals surface area contributed by atoms with Crippen LogP contribution in [0.3, 0.4) is 0 Å². The second-order valence-corrected chi connectivity index (χ2v) is 5.00. The van der Waals surface area contributed by atoms with Crippen molar-refractivity contribution in [2.75, 3.05) is 18.5 Å². The average Bonchev–Trinajstić information content (AvgIpc) is 2.44. The minimum atomic E-state index is 0.371. The quantitative estimate of drug-likeness (QED) is 0.505. The second-order valence-electron chi connectivity index (χ2n) is 4.57. The lowest BCUT2D eigenvalue weighted by Gasteiger charge is -2.07. The van der Waals surface area contributed by atoms with Crippen molar-refractivity contribution in [2.45, 2.75) is 6.92 Å². The molecular formula is C16H18ClN3O. The van der Waals surface area contributed by atoms with E-state index in [2.05, 4.69) is 10.3 Å². The van der Waals surface area contributed by atoms with Crippen LogP contribution in [0.2, 0.25) is 5.02 Å². The molecule has 0 aliphatic carbocycles. The Bertz CT molecular complexity index is 628. The van der Waals surface area contributed by atoms with Crippen LogP contribution in [-0.4, -0.2) is 19.1 Å². The summed E-state index contributed by atoms with van der Waals surface area (Å²) in [4.78, 5) is 4.21. The van der Waals surface area contributed by atoms with Gasteiger partial charge in [0.2, 0.25) is 0 Å². The predicted molar refractivity (Wildman–Crippen MR) is 88.2 cm³/mol. The smallest absolute Gasteiger partial charge is 0.193 e. The number of nitrogens with zero attached hydrogens (tertiary/aromatic N) is 1. The van der Waals surface area contributed by atoms with Gasteiger partial charge in [0.05, 0.1) is 6.54 Å². The molecule has 5 heteroatoms. The van der Waals surface area contributed by atoms with Crippen LogP contribution < -0.4 is 15.8 Å². The fourth-order valence-corrected chi connectivity index (χ4v) is 1.98. The first-order chi connectivity index (χ1) is 10.1. The summed E-state index contributed by atoms with van der Waals surface area (Å²) < 4.78 is 5.53. The highest BCUT2D eigenvalue weighted by Gasteiger charge is 1.97. The third-order valence-electron chi connectivity index (χ3n) is 2.73. The second kappa shape index (κ2) is 7.55. The number of hydrogen-bond acceptors (Lipinski definition) is 2. The molecule has 2 rings (SSSR count). The summed E-state index contributed by atoms with van der Waals surface area (Å²) in [6.07, 6.45) is 0. The van der Waals surface area contributed by atoms with E-state index in [0.29, 0.717) is 24.1 Å². The van der Waals surface area contributed by atoms with Gasteiger partial charge in [-0.15, -0.1) is 0 Å². The van der Waals surface area contributed by atoms with Gasteiger partial charge in [-0.25, -0.2) is 4.99 Å². The Kier molecular flexibility index (Phi) is 5.46. The number of aliphatic imine (C=N–C) groups is 1. The van der Waals surface area contributed by atoms with Gasteiger partial charge >= 0.3 is 0 Å².